The molecule has 0 saturated heterocycles. The molecule has 2 heterocycles. The fourth-order valence-corrected chi connectivity index (χ4v) is 3.56. The van der Waals surface area contributed by atoms with Crippen LogP contribution in [0.5, 0.6) is 5.75 Å². The summed E-state index contributed by atoms with van der Waals surface area (Å²) in [6.45, 7) is 6.83. The number of benzene rings is 2. The highest BCUT2D eigenvalue weighted by Crippen LogP contribution is 2.29. The molecule has 0 spiro atoms. The summed E-state index contributed by atoms with van der Waals surface area (Å²) in [4.78, 5) is 0. The molecule has 1 aromatic heterocycles. The van der Waals surface area contributed by atoms with E-state index in [0.29, 0.717) is 5.82 Å². The molecule has 1 N–H and O–H groups in total. The topological polar surface area (TPSA) is 52.0 Å². The minimum absolute atomic E-state index is 0.106. The lowest BCUT2D eigenvalue weighted by Gasteiger charge is -2.20. The zero-order chi connectivity index (χ0) is 19.7. The van der Waals surface area contributed by atoms with E-state index in [2.05, 4.69) is 48.5 Å². The Morgan fingerprint density at radius 3 is 2.43 bits per heavy atom. The van der Waals surface area contributed by atoms with Gasteiger partial charge in [-0.1, -0.05) is 44.7 Å². The van der Waals surface area contributed by atoms with Crippen molar-refractivity contribution in [1.82, 2.24) is 14.9 Å². The molecule has 0 atom stereocenters. The number of aromatic nitrogens is 3. The lowest BCUT2D eigenvalue weighted by Crippen LogP contribution is -2.20. The second kappa shape index (κ2) is 7.31. The molecule has 7 heteroatoms. The monoisotopic (exact) mass is 396 g/mol. The Hall–Kier alpha value is -2.80. The molecule has 4 rings (SSSR count). The summed E-state index contributed by atoms with van der Waals surface area (Å²) in [5.74, 6) is 1.18. The average molecular weight is 396 g/mol. The van der Waals surface area contributed by atoms with Crippen LogP contribution < -0.4 is 10.2 Å². The smallest absolute Gasteiger partial charge is 0.214 e. The van der Waals surface area contributed by atoms with Crippen LogP contribution in [-0.2, 0) is 12.0 Å². The van der Waals surface area contributed by atoms with Gasteiger partial charge in [0.05, 0.1) is 5.70 Å². The summed E-state index contributed by atoms with van der Waals surface area (Å²) >= 11 is 1.46. The first-order valence-electron chi connectivity index (χ1n) is 8.97. The Labute approximate surface area is 167 Å². The van der Waals surface area contributed by atoms with Gasteiger partial charge in [0, 0.05) is 11.0 Å². The number of hydrogen-bond acceptors (Lipinski definition) is 5. The molecule has 2 aromatic carbocycles. The largest absolute Gasteiger partial charge is 0.486 e. The predicted molar refractivity (Wildman–Crippen MR) is 109 cm³/mol. The Balaban J connectivity index is 1.46. The number of hydrogen-bond donors (Lipinski definition) is 1. The third kappa shape index (κ3) is 3.89. The van der Waals surface area contributed by atoms with Gasteiger partial charge in [-0.05, 0) is 47.4 Å². The van der Waals surface area contributed by atoms with Gasteiger partial charge in [-0.3, -0.25) is 5.43 Å². The van der Waals surface area contributed by atoms with E-state index in [1.165, 1.54) is 29.5 Å². The Morgan fingerprint density at radius 2 is 1.75 bits per heavy atom. The van der Waals surface area contributed by atoms with Gasteiger partial charge in [0.15, 0.2) is 5.82 Å². The molecular weight excluding hydrogens is 375 g/mol. The molecule has 0 radical (unpaired) electrons. The molecule has 0 bridgehead atoms. The van der Waals surface area contributed by atoms with E-state index >= 15 is 0 Å². The fourth-order valence-electron chi connectivity index (χ4n) is 2.80. The first-order chi connectivity index (χ1) is 13.4. The number of halogens is 1. The van der Waals surface area contributed by atoms with Crippen LogP contribution in [0.15, 0.2) is 59.1 Å². The highest BCUT2D eigenvalue weighted by molar-refractivity contribution is 8.02. The highest BCUT2D eigenvalue weighted by Gasteiger charge is 2.19. The maximum atomic E-state index is 13.2. The summed E-state index contributed by atoms with van der Waals surface area (Å²) in [6.07, 6.45) is 0. The lowest BCUT2D eigenvalue weighted by atomic mass is 9.87. The summed E-state index contributed by atoms with van der Waals surface area (Å²) in [5.41, 5.74) is 6.38. The molecule has 0 unspecified atom stereocenters. The number of nitrogens with one attached hydrogen (secondary N) is 1. The molecule has 0 amide bonds. The second-order valence-corrected chi connectivity index (χ2v) is 8.40. The molecule has 3 aromatic rings. The van der Waals surface area contributed by atoms with Gasteiger partial charge in [-0.15, -0.1) is 10.2 Å². The molecule has 5 nitrogen and oxygen atoms in total. The first kappa shape index (κ1) is 18.6. The van der Waals surface area contributed by atoms with Gasteiger partial charge < -0.3 is 4.74 Å². The molecule has 0 saturated carbocycles. The van der Waals surface area contributed by atoms with E-state index in [4.69, 9.17) is 4.74 Å². The minimum atomic E-state index is -0.260. The molecule has 1 aliphatic heterocycles. The van der Waals surface area contributed by atoms with E-state index in [1.807, 2.05) is 17.5 Å². The van der Waals surface area contributed by atoms with Gasteiger partial charge in [0.1, 0.15) is 18.2 Å². The SMILES string of the molecule is CC(C)(C)c1ccc(OCc2nnc3n2NC(c2ccc(F)cc2)=CS3)cc1. The standard InChI is InChI=1S/C21H21FN4OS/c1-21(2,3)15-6-10-17(11-7-15)27-12-19-23-24-20-26(19)25-18(13-28-20)14-4-8-16(22)9-5-14/h4-11,13,25H,12H2,1-3H3. The van der Waals surface area contributed by atoms with Crippen LogP contribution in [0, 0.1) is 5.82 Å². The van der Waals surface area contributed by atoms with Crippen LogP contribution in [-0.4, -0.2) is 14.9 Å². The van der Waals surface area contributed by atoms with Crippen molar-refractivity contribution in [3.05, 3.63) is 76.7 Å². The summed E-state index contributed by atoms with van der Waals surface area (Å²) < 4.78 is 20.9. The van der Waals surface area contributed by atoms with Crippen molar-refractivity contribution in [3.8, 4) is 5.75 Å². The molecule has 0 fully saturated rings. The van der Waals surface area contributed by atoms with Crippen molar-refractivity contribution in [2.24, 2.45) is 0 Å². The van der Waals surface area contributed by atoms with Crippen molar-refractivity contribution in [3.63, 3.8) is 0 Å². The van der Waals surface area contributed by atoms with Crippen molar-refractivity contribution >= 4 is 17.5 Å². The summed E-state index contributed by atoms with van der Waals surface area (Å²) in [7, 11) is 0. The quantitative estimate of drug-likeness (QED) is 0.677. The van der Waals surface area contributed by atoms with E-state index < -0.39 is 0 Å². The van der Waals surface area contributed by atoms with Crippen LogP contribution >= 0.6 is 11.8 Å². The number of fused-ring (bicyclic) bond motifs is 1. The summed E-state index contributed by atoms with van der Waals surface area (Å²) in [6, 6.07) is 14.5. The number of ether oxygens (including phenoxy) is 1. The third-order valence-electron chi connectivity index (χ3n) is 4.46. The van der Waals surface area contributed by atoms with Crippen molar-refractivity contribution in [2.75, 3.05) is 5.43 Å². The molecule has 1 aliphatic rings. The van der Waals surface area contributed by atoms with Crippen molar-refractivity contribution < 1.29 is 9.13 Å². The van der Waals surface area contributed by atoms with Crippen LogP contribution in [0.4, 0.5) is 4.39 Å². The fraction of sp³-hybridized carbons (Fsp3) is 0.238. The van der Waals surface area contributed by atoms with Crippen molar-refractivity contribution in [2.45, 2.75) is 37.9 Å². The minimum Gasteiger partial charge on any atom is -0.486 e. The molecule has 0 aliphatic carbocycles. The lowest BCUT2D eigenvalue weighted by molar-refractivity contribution is 0.291. The summed E-state index contributed by atoms with van der Waals surface area (Å²) in [5, 5.41) is 11.1. The zero-order valence-electron chi connectivity index (χ0n) is 15.9. The van der Waals surface area contributed by atoms with E-state index in [-0.39, 0.29) is 17.8 Å². The predicted octanol–water partition coefficient (Wildman–Crippen LogP) is 4.94. The highest BCUT2D eigenvalue weighted by atomic mass is 32.2. The normalized spacial score (nSPS) is 13.5. The number of thioether (sulfide) groups is 1. The molecule has 28 heavy (non-hydrogen) atoms. The molecular formula is C21H21FN4OS. The van der Waals surface area contributed by atoms with Gasteiger partial charge in [-0.25, -0.2) is 9.07 Å². The Bertz CT molecular complexity index is 1000. The maximum Gasteiger partial charge on any atom is 0.214 e. The van der Waals surface area contributed by atoms with Gasteiger partial charge in [0.2, 0.25) is 5.16 Å². The third-order valence-corrected chi connectivity index (χ3v) is 5.29. The van der Waals surface area contributed by atoms with Gasteiger partial charge in [-0.2, -0.15) is 0 Å². The van der Waals surface area contributed by atoms with Gasteiger partial charge in [0.25, 0.3) is 0 Å². The van der Waals surface area contributed by atoms with Crippen LogP contribution in [0.2, 0.25) is 0 Å². The van der Waals surface area contributed by atoms with E-state index in [0.717, 1.165) is 22.2 Å². The second-order valence-electron chi connectivity index (χ2n) is 7.57. The number of rotatable bonds is 4. The van der Waals surface area contributed by atoms with Crippen LogP contribution in [0.1, 0.15) is 37.7 Å². The van der Waals surface area contributed by atoms with Gasteiger partial charge >= 0.3 is 0 Å². The Kier molecular flexibility index (Phi) is 4.85. The number of nitrogens with zero attached hydrogens (tertiary/aromatic N) is 3. The van der Waals surface area contributed by atoms with Crippen LogP contribution in [0.25, 0.3) is 5.70 Å². The van der Waals surface area contributed by atoms with E-state index in [9.17, 15) is 4.39 Å². The van der Waals surface area contributed by atoms with E-state index in [1.54, 1.807) is 16.8 Å². The Morgan fingerprint density at radius 1 is 1.04 bits per heavy atom. The van der Waals surface area contributed by atoms with Crippen molar-refractivity contribution in [1.29, 1.82) is 0 Å². The molecule has 144 valence electrons. The maximum absolute atomic E-state index is 13.2. The zero-order valence-corrected chi connectivity index (χ0v) is 16.8. The van der Waals surface area contributed by atoms with Crippen LogP contribution in [0.3, 0.4) is 0 Å². The first-order valence-corrected chi connectivity index (χ1v) is 9.85. The average Bonchev–Trinajstić information content (AvgIpc) is 3.09.